The lowest BCUT2D eigenvalue weighted by Crippen LogP contribution is -2.44. The van der Waals surface area contributed by atoms with Crippen LogP contribution in [0.4, 0.5) is 16.3 Å². The first-order valence-corrected chi connectivity index (χ1v) is 10.0. The number of ether oxygens (including phenoxy) is 1. The Labute approximate surface area is 162 Å². The minimum Gasteiger partial charge on any atom is -0.464 e. The number of benzene rings is 1. The van der Waals surface area contributed by atoms with Gasteiger partial charge >= 0.3 is 12.0 Å². The highest BCUT2D eigenvalue weighted by Crippen LogP contribution is 2.25. The first-order chi connectivity index (χ1) is 13.0. The first kappa shape index (κ1) is 20.6. The molecule has 8 nitrogen and oxygen atoms in total. The van der Waals surface area contributed by atoms with Crippen LogP contribution < -0.4 is 16.4 Å². The number of nitrogens with two attached hydrogens (primary N) is 1. The van der Waals surface area contributed by atoms with Crippen LogP contribution in [0, 0.1) is 6.92 Å². The normalized spacial score (nSPS) is 11.7. The maximum absolute atomic E-state index is 12.4. The third-order valence-corrected chi connectivity index (χ3v) is 4.47. The number of amides is 2. The van der Waals surface area contributed by atoms with E-state index in [-0.39, 0.29) is 6.61 Å². The minimum absolute atomic E-state index is 0.258. The predicted octanol–water partition coefficient (Wildman–Crippen LogP) is 2.57. The van der Waals surface area contributed by atoms with E-state index in [1.807, 2.05) is 36.6 Å². The molecule has 0 spiro atoms. The third-order valence-electron chi connectivity index (χ3n) is 3.82. The van der Waals surface area contributed by atoms with E-state index in [0.717, 1.165) is 11.4 Å². The van der Waals surface area contributed by atoms with E-state index in [9.17, 15) is 9.59 Å². The Morgan fingerprint density at radius 2 is 2.04 bits per heavy atom. The zero-order valence-corrected chi connectivity index (χ0v) is 16.5. The fraction of sp³-hybridized carbons (Fsp3) is 0.389. The molecule has 0 saturated heterocycles. The Hall–Kier alpha value is -2.68. The summed E-state index contributed by atoms with van der Waals surface area (Å²) in [6.07, 6.45) is 2.41. The van der Waals surface area contributed by atoms with Crippen molar-refractivity contribution in [2.24, 2.45) is 0 Å². The Morgan fingerprint density at radius 1 is 1.33 bits per heavy atom. The third kappa shape index (κ3) is 5.40. The maximum Gasteiger partial charge on any atom is 0.328 e. The molecule has 0 aliphatic carbocycles. The number of hydrogen-bond donors (Lipinski definition) is 3. The number of anilines is 2. The van der Waals surface area contributed by atoms with Gasteiger partial charge in [0, 0.05) is 0 Å². The van der Waals surface area contributed by atoms with E-state index in [1.165, 1.54) is 0 Å². The van der Waals surface area contributed by atoms with E-state index >= 15 is 0 Å². The van der Waals surface area contributed by atoms with Gasteiger partial charge in [-0.15, -0.1) is 0 Å². The quantitative estimate of drug-likeness (QED) is 0.597. The van der Waals surface area contributed by atoms with E-state index in [2.05, 4.69) is 15.7 Å². The van der Waals surface area contributed by atoms with Crippen molar-refractivity contribution in [1.82, 2.24) is 15.1 Å². The van der Waals surface area contributed by atoms with E-state index in [0.29, 0.717) is 23.6 Å². The van der Waals surface area contributed by atoms with Gasteiger partial charge in [-0.1, -0.05) is 18.2 Å². The minimum atomic E-state index is -0.719. The number of rotatable bonds is 8. The number of nitrogens with one attached hydrogen (secondary N) is 2. The number of aromatic nitrogens is 2. The first-order valence-electron chi connectivity index (χ1n) is 8.61. The number of nitrogens with zero attached hydrogens (tertiary/aromatic N) is 2. The topological polar surface area (TPSA) is 111 Å². The van der Waals surface area contributed by atoms with Crippen LogP contribution in [0.15, 0.2) is 30.3 Å². The number of para-hydroxylation sites is 1. The van der Waals surface area contributed by atoms with Gasteiger partial charge in [-0.2, -0.15) is 16.9 Å². The molecule has 2 rings (SSSR count). The lowest BCUT2D eigenvalue weighted by Gasteiger charge is -2.17. The molecule has 9 heteroatoms. The molecular formula is C18H25N5O3S. The SMILES string of the molecule is CCOC(=O)[C@H](CCSC)NC(=O)Nc1c(C)nn(-c2ccccc2)c1N. The van der Waals surface area contributed by atoms with Crippen molar-refractivity contribution in [3.63, 3.8) is 0 Å². The summed E-state index contributed by atoms with van der Waals surface area (Å²) in [5.41, 5.74) is 7.93. The highest BCUT2D eigenvalue weighted by Gasteiger charge is 2.23. The summed E-state index contributed by atoms with van der Waals surface area (Å²) in [7, 11) is 0. The number of esters is 1. The molecule has 0 fully saturated rings. The highest BCUT2D eigenvalue weighted by atomic mass is 32.2. The number of carbonyl (C=O) groups is 2. The number of hydrogen-bond acceptors (Lipinski definition) is 6. The molecule has 0 bridgehead atoms. The van der Waals surface area contributed by atoms with Gasteiger partial charge in [0.2, 0.25) is 0 Å². The number of nitrogen functional groups attached to an aromatic ring is 1. The number of aryl methyl sites for hydroxylation is 1. The van der Waals surface area contributed by atoms with Gasteiger partial charge < -0.3 is 21.1 Å². The van der Waals surface area contributed by atoms with Crippen LogP contribution >= 0.6 is 11.8 Å². The van der Waals surface area contributed by atoms with Crippen LogP contribution in [-0.4, -0.2) is 46.4 Å². The zero-order chi connectivity index (χ0) is 19.8. The smallest absolute Gasteiger partial charge is 0.328 e. The molecule has 2 amide bonds. The van der Waals surface area contributed by atoms with Crippen LogP contribution in [0.2, 0.25) is 0 Å². The molecule has 146 valence electrons. The summed E-state index contributed by atoms with van der Waals surface area (Å²) < 4.78 is 6.59. The molecule has 1 aromatic carbocycles. The molecule has 0 radical (unpaired) electrons. The van der Waals surface area contributed by atoms with Crippen molar-refractivity contribution >= 4 is 35.3 Å². The number of urea groups is 1. The average Bonchev–Trinajstić information content (AvgIpc) is 2.94. The molecule has 0 aliphatic heterocycles. The molecule has 1 heterocycles. The molecule has 0 saturated carbocycles. The van der Waals surface area contributed by atoms with Crippen LogP contribution in [0.25, 0.3) is 5.69 Å². The van der Waals surface area contributed by atoms with Gasteiger partial charge in [-0.25, -0.2) is 14.3 Å². The van der Waals surface area contributed by atoms with Crippen LogP contribution in [-0.2, 0) is 9.53 Å². The highest BCUT2D eigenvalue weighted by molar-refractivity contribution is 7.98. The second kappa shape index (κ2) is 9.86. The largest absolute Gasteiger partial charge is 0.464 e. The monoisotopic (exact) mass is 391 g/mol. The maximum atomic E-state index is 12.4. The molecule has 0 aliphatic rings. The molecular weight excluding hydrogens is 366 g/mol. The lowest BCUT2D eigenvalue weighted by molar-refractivity contribution is -0.145. The Bertz CT molecular complexity index is 779. The Kier molecular flexibility index (Phi) is 7.54. The van der Waals surface area contributed by atoms with Gasteiger partial charge in [0.25, 0.3) is 0 Å². The van der Waals surface area contributed by atoms with Crippen molar-refractivity contribution in [3.05, 3.63) is 36.0 Å². The zero-order valence-electron chi connectivity index (χ0n) is 15.7. The molecule has 2 aromatic rings. The average molecular weight is 391 g/mol. The van der Waals surface area contributed by atoms with Gasteiger partial charge in [0.15, 0.2) is 5.82 Å². The van der Waals surface area contributed by atoms with E-state index in [4.69, 9.17) is 10.5 Å². The predicted molar refractivity (Wildman–Crippen MR) is 108 cm³/mol. The summed E-state index contributed by atoms with van der Waals surface area (Å²) >= 11 is 1.59. The van der Waals surface area contributed by atoms with Crippen LogP contribution in [0.3, 0.4) is 0 Å². The van der Waals surface area contributed by atoms with Crippen molar-refractivity contribution in [1.29, 1.82) is 0 Å². The number of carbonyl (C=O) groups excluding carboxylic acids is 2. The van der Waals surface area contributed by atoms with Gasteiger partial charge in [0.1, 0.15) is 11.7 Å². The summed E-state index contributed by atoms with van der Waals surface area (Å²) in [6, 6.07) is 8.13. The van der Waals surface area contributed by atoms with Gasteiger partial charge in [0.05, 0.1) is 18.0 Å². The summed E-state index contributed by atoms with van der Waals surface area (Å²) in [4.78, 5) is 24.5. The lowest BCUT2D eigenvalue weighted by atomic mass is 10.2. The van der Waals surface area contributed by atoms with E-state index in [1.54, 1.807) is 30.3 Å². The van der Waals surface area contributed by atoms with Crippen molar-refractivity contribution in [2.45, 2.75) is 26.3 Å². The molecule has 1 aromatic heterocycles. The summed E-state index contributed by atoms with van der Waals surface area (Å²) in [5.74, 6) is 0.577. The van der Waals surface area contributed by atoms with Crippen molar-refractivity contribution in [3.8, 4) is 5.69 Å². The van der Waals surface area contributed by atoms with Crippen LogP contribution in [0.5, 0.6) is 0 Å². The Balaban J connectivity index is 2.12. The van der Waals surface area contributed by atoms with Crippen LogP contribution in [0.1, 0.15) is 19.0 Å². The second-order valence-corrected chi connectivity index (χ2v) is 6.76. The standard InChI is InChI=1S/C18H25N5O3S/c1-4-26-17(24)14(10-11-27-3)20-18(25)21-15-12(2)22-23(16(15)19)13-8-6-5-7-9-13/h5-9,14H,4,10-11,19H2,1-3H3,(H2,20,21,25)/t14-/m0/s1. The fourth-order valence-corrected chi connectivity index (χ4v) is 2.97. The van der Waals surface area contributed by atoms with Gasteiger partial charge in [-0.05, 0) is 44.4 Å². The number of thioether (sulfide) groups is 1. The van der Waals surface area contributed by atoms with Crippen molar-refractivity contribution < 1.29 is 14.3 Å². The second-order valence-electron chi connectivity index (χ2n) is 5.78. The Morgan fingerprint density at radius 3 is 2.67 bits per heavy atom. The fourth-order valence-electron chi connectivity index (χ4n) is 2.50. The molecule has 4 N–H and O–H groups in total. The molecule has 27 heavy (non-hydrogen) atoms. The summed E-state index contributed by atoms with van der Waals surface area (Å²) in [6.45, 7) is 3.74. The molecule has 0 unspecified atom stereocenters. The summed E-state index contributed by atoms with van der Waals surface area (Å²) in [5, 5.41) is 9.74. The van der Waals surface area contributed by atoms with E-state index < -0.39 is 18.0 Å². The van der Waals surface area contributed by atoms with Crippen molar-refractivity contribution in [2.75, 3.05) is 29.7 Å². The molecule has 1 atom stereocenters. The van der Waals surface area contributed by atoms with Gasteiger partial charge in [-0.3, -0.25) is 0 Å².